The molecule has 2 aromatic carbocycles. The Labute approximate surface area is 128 Å². The van der Waals surface area contributed by atoms with Gasteiger partial charge in [-0.15, -0.1) is 0 Å². The molecule has 2 aromatic rings. The summed E-state index contributed by atoms with van der Waals surface area (Å²) >= 11 is 5.84. The van der Waals surface area contributed by atoms with E-state index in [1.165, 1.54) is 0 Å². The molecule has 0 fully saturated rings. The molecule has 0 aromatic heterocycles. The third-order valence-electron chi connectivity index (χ3n) is 3.55. The number of halogens is 1. The number of hydrogen-bond donors (Lipinski definition) is 1. The van der Waals surface area contributed by atoms with Crippen molar-refractivity contribution in [3.05, 3.63) is 64.7 Å². The van der Waals surface area contributed by atoms with E-state index >= 15 is 0 Å². The fourth-order valence-electron chi connectivity index (χ4n) is 2.44. The zero-order chi connectivity index (χ0) is 14.7. The summed E-state index contributed by atoms with van der Waals surface area (Å²) in [7, 11) is 0. The molecule has 0 unspecified atom stereocenters. The second kappa shape index (κ2) is 6.10. The Kier molecular flexibility index (Phi) is 4.02. The highest BCUT2D eigenvalue weighted by molar-refractivity contribution is 6.46. The molecule has 0 saturated heterocycles. The van der Waals surface area contributed by atoms with Crippen molar-refractivity contribution < 1.29 is 4.79 Å². The number of hydrazone groups is 1. The number of fused-ring (bicyclic) bond motifs is 1. The molecule has 1 N–H and O–H groups in total. The molecule has 0 heterocycles. The van der Waals surface area contributed by atoms with Gasteiger partial charge in [0, 0.05) is 10.6 Å². The first-order valence-electron chi connectivity index (χ1n) is 6.95. The lowest BCUT2D eigenvalue weighted by Crippen LogP contribution is -2.15. The number of benzene rings is 2. The molecule has 0 atom stereocenters. The molecule has 1 aliphatic carbocycles. The van der Waals surface area contributed by atoms with Crippen LogP contribution in [0.1, 0.15) is 28.8 Å². The second-order valence-electron chi connectivity index (χ2n) is 5.02. The summed E-state index contributed by atoms with van der Waals surface area (Å²) in [5.74, 6) is 0.0181. The van der Waals surface area contributed by atoms with Gasteiger partial charge in [-0.05, 0) is 49.1 Å². The van der Waals surface area contributed by atoms with Gasteiger partial charge in [0.1, 0.15) is 5.71 Å². The van der Waals surface area contributed by atoms with Gasteiger partial charge in [0.15, 0.2) is 0 Å². The van der Waals surface area contributed by atoms with Crippen LogP contribution in [0.25, 0.3) is 0 Å². The van der Waals surface area contributed by atoms with Crippen LogP contribution in [0, 0.1) is 0 Å². The van der Waals surface area contributed by atoms with Gasteiger partial charge in [0.2, 0.25) is 5.78 Å². The third-order valence-corrected chi connectivity index (χ3v) is 3.80. The number of nitrogens with one attached hydrogen (secondary N) is 1. The van der Waals surface area contributed by atoms with Gasteiger partial charge in [-0.2, -0.15) is 5.10 Å². The lowest BCUT2D eigenvalue weighted by Gasteiger charge is -2.05. The minimum Gasteiger partial charge on any atom is -0.287 e. The molecule has 0 amide bonds. The van der Waals surface area contributed by atoms with Crippen LogP contribution in [0.3, 0.4) is 0 Å². The number of rotatable bonds is 2. The normalized spacial score (nSPS) is 16.4. The molecule has 0 radical (unpaired) electrons. The number of aryl methyl sites for hydroxylation is 1. The number of ketones is 1. The maximum absolute atomic E-state index is 12.5. The molecule has 21 heavy (non-hydrogen) atoms. The van der Waals surface area contributed by atoms with Crippen LogP contribution in [-0.2, 0) is 6.42 Å². The highest BCUT2D eigenvalue weighted by Crippen LogP contribution is 2.20. The van der Waals surface area contributed by atoms with Crippen LogP contribution in [-0.4, -0.2) is 11.5 Å². The van der Waals surface area contributed by atoms with E-state index < -0.39 is 0 Å². The Morgan fingerprint density at radius 2 is 1.76 bits per heavy atom. The van der Waals surface area contributed by atoms with Gasteiger partial charge in [-0.1, -0.05) is 35.9 Å². The Hall–Kier alpha value is -2.13. The molecule has 4 heteroatoms. The zero-order valence-corrected chi connectivity index (χ0v) is 12.2. The Morgan fingerprint density at radius 3 is 2.57 bits per heavy atom. The Balaban J connectivity index is 1.83. The molecule has 0 spiro atoms. The molecule has 3 rings (SSSR count). The monoisotopic (exact) mass is 298 g/mol. The molecule has 3 nitrogen and oxygen atoms in total. The summed E-state index contributed by atoms with van der Waals surface area (Å²) in [4.78, 5) is 12.5. The number of carbonyl (C=O) groups excluding carboxylic acids is 1. The van der Waals surface area contributed by atoms with Crippen molar-refractivity contribution in [2.45, 2.75) is 19.3 Å². The van der Waals surface area contributed by atoms with E-state index in [4.69, 9.17) is 11.6 Å². The lowest BCUT2D eigenvalue weighted by atomic mass is 10.0. The molecule has 0 aliphatic heterocycles. The van der Waals surface area contributed by atoms with Crippen molar-refractivity contribution in [3.8, 4) is 0 Å². The first kappa shape index (κ1) is 13.8. The van der Waals surface area contributed by atoms with E-state index in [1.54, 1.807) is 12.1 Å². The quantitative estimate of drug-likeness (QED) is 0.662. The van der Waals surface area contributed by atoms with Crippen molar-refractivity contribution in [2.24, 2.45) is 5.10 Å². The van der Waals surface area contributed by atoms with Crippen LogP contribution in [0.15, 0.2) is 53.6 Å². The van der Waals surface area contributed by atoms with E-state index in [1.807, 2.05) is 36.4 Å². The van der Waals surface area contributed by atoms with Gasteiger partial charge < -0.3 is 0 Å². The largest absolute Gasteiger partial charge is 0.287 e. The number of Topliss-reactive ketones (excluding diaryl/α,β-unsaturated/α-hetero) is 1. The average Bonchev–Trinajstić information content (AvgIpc) is 2.67. The molecule has 0 saturated carbocycles. The predicted octanol–water partition coefficient (Wildman–Crippen LogP) is 4.33. The molecular formula is C17H15ClN2O. The summed E-state index contributed by atoms with van der Waals surface area (Å²) in [5, 5.41) is 4.97. The third kappa shape index (κ3) is 3.14. The second-order valence-corrected chi connectivity index (χ2v) is 5.45. The number of nitrogens with zero attached hydrogens (tertiary/aromatic N) is 1. The minimum absolute atomic E-state index is 0.0181. The molecule has 106 valence electrons. The number of anilines is 1. The maximum atomic E-state index is 12.5. The maximum Gasteiger partial charge on any atom is 0.209 e. The van der Waals surface area contributed by atoms with Crippen molar-refractivity contribution in [1.29, 1.82) is 0 Å². The minimum atomic E-state index is 0.0181. The predicted molar refractivity (Wildman–Crippen MR) is 86.2 cm³/mol. The first-order valence-corrected chi connectivity index (χ1v) is 7.32. The van der Waals surface area contributed by atoms with Crippen LogP contribution < -0.4 is 5.43 Å². The summed E-state index contributed by atoms with van der Waals surface area (Å²) in [6.07, 6.45) is 2.54. The summed E-state index contributed by atoms with van der Waals surface area (Å²) in [6, 6.07) is 15.0. The standard InChI is InChI=1S/C17H15ClN2O/c18-13-8-10-14(11-9-13)19-20-16-7-3-5-12-4-1-2-6-15(12)17(16)21/h1-2,4,6,8-11,19H,3,5,7H2/b20-16+. The van der Waals surface area contributed by atoms with Crippen LogP contribution in [0.5, 0.6) is 0 Å². The fraction of sp³-hybridized carbons (Fsp3) is 0.176. The van der Waals surface area contributed by atoms with Gasteiger partial charge in [0.05, 0.1) is 5.69 Å². The smallest absolute Gasteiger partial charge is 0.209 e. The topological polar surface area (TPSA) is 41.5 Å². The number of carbonyl (C=O) groups is 1. The van der Waals surface area contributed by atoms with Crippen molar-refractivity contribution >= 4 is 28.8 Å². The SMILES string of the molecule is O=C1/C(=N/Nc2ccc(Cl)cc2)CCCc2ccccc21. The lowest BCUT2D eigenvalue weighted by molar-refractivity contribution is 0.106. The molecule has 1 aliphatic rings. The van der Waals surface area contributed by atoms with Crippen LogP contribution in [0.4, 0.5) is 5.69 Å². The Bertz CT molecular complexity index is 692. The van der Waals surface area contributed by atoms with Crippen LogP contribution in [0.2, 0.25) is 5.02 Å². The van der Waals surface area contributed by atoms with Gasteiger partial charge in [0.25, 0.3) is 0 Å². The fourth-order valence-corrected chi connectivity index (χ4v) is 2.56. The highest BCUT2D eigenvalue weighted by atomic mass is 35.5. The van der Waals surface area contributed by atoms with E-state index in [9.17, 15) is 4.79 Å². The van der Waals surface area contributed by atoms with E-state index in [2.05, 4.69) is 10.5 Å². The van der Waals surface area contributed by atoms with E-state index in [-0.39, 0.29) is 5.78 Å². The zero-order valence-electron chi connectivity index (χ0n) is 11.5. The summed E-state index contributed by atoms with van der Waals surface area (Å²) in [5.41, 5.74) is 6.21. The van der Waals surface area contributed by atoms with Gasteiger partial charge >= 0.3 is 0 Å². The van der Waals surface area contributed by atoms with Crippen molar-refractivity contribution in [2.75, 3.05) is 5.43 Å². The summed E-state index contributed by atoms with van der Waals surface area (Å²) in [6.45, 7) is 0. The van der Waals surface area contributed by atoms with E-state index in [0.29, 0.717) is 17.2 Å². The molecule has 0 bridgehead atoms. The van der Waals surface area contributed by atoms with Crippen molar-refractivity contribution in [3.63, 3.8) is 0 Å². The number of hydrogen-bond acceptors (Lipinski definition) is 3. The highest BCUT2D eigenvalue weighted by Gasteiger charge is 2.20. The average molecular weight is 299 g/mol. The first-order chi connectivity index (χ1) is 10.2. The van der Waals surface area contributed by atoms with E-state index in [0.717, 1.165) is 29.7 Å². The summed E-state index contributed by atoms with van der Waals surface area (Å²) < 4.78 is 0. The Morgan fingerprint density at radius 1 is 1.00 bits per heavy atom. The molecular weight excluding hydrogens is 284 g/mol. The van der Waals surface area contributed by atoms with Crippen LogP contribution >= 0.6 is 11.6 Å². The van der Waals surface area contributed by atoms with Gasteiger partial charge in [-0.3, -0.25) is 10.2 Å². The van der Waals surface area contributed by atoms with Gasteiger partial charge in [-0.25, -0.2) is 0 Å². The van der Waals surface area contributed by atoms with Crippen molar-refractivity contribution in [1.82, 2.24) is 0 Å².